The lowest BCUT2D eigenvalue weighted by Gasteiger charge is -2.41. The number of benzene rings is 3. The van der Waals surface area contributed by atoms with Gasteiger partial charge in [-0.1, -0.05) is 97.1 Å². The van der Waals surface area contributed by atoms with Crippen LogP contribution >= 0.6 is 23.1 Å². The second-order valence-corrected chi connectivity index (χ2v) is 14.6. The van der Waals surface area contributed by atoms with Crippen molar-refractivity contribution >= 4 is 34.9 Å². The van der Waals surface area contributed by atoms with Crippen LogP contribution in [0.5, 0.6) is 0 Å². The van der Waals surface area contributed by atoms with Crippen LogP contribution in [0.2, 0.25) is 0 Å². The number of nitrogens with one attached hydrogen (secondary N) is 2. The van der Waals surface area contributed by atoms with Gasteiger partial charge >= 0.3 is 0 Å². The highest BCUT2D eigenvalue weighted by Crippen LogP contribution is 2.43. The first-order chi connectivity index (χ1) is 23.3. The minimum Gasteiger partial charge on any atom is -0.392 e. The molecule has 2 heterocycles. The molecule has 0 aliphatic carbocycles. The topological polar surface area (TPSA) is 123 Å². The van der Waals surface area contributed by atoms with Gasteiger partial charge in [-0.25, -0.2) is 0 Å². The van der Waals surface area contributed by atoms with E-state index in [0.717, 1.165) is 62.0 Å². The van der Waals surface area contributed by atoms with Crippen LogP contribution in [-0.2, 0) is 32.2 Å². The van der Waals surface area contributed by atoms with E-state index in [1.807, 2.05) is 55.5 Å². The van der Waals surface area contributed by atoms with Gasteiger partial charge in [-0.05, 0) is 59.7 Å². The molecule has 48 heavy (non-hydrogen) atoms. The molecule has 11 heteroatoms. The van der Waals surface area contributed by atoms with Gasteiger partial charge in [0, 0.05) is 43.7 Å². The normalized spacial score (nSPS) is 19.2. The zero-order chi connectivity index (χ0) is 33.9. The lowest BCUT2D eigenvalue weighted by atomic mass is 9.91. The second-order valence-electron chi connectivity index (χ2n) is 12.1. The van der Waals surface area contributed by atoms with Crippen LogP contribution in [0.4, 0.5) is 0 Å². The fraction of sp³-hybridized carbons (Fsp3) is 0.405. The predicted octanol–water partition coefficient (Wildman–Crippen LogP) is 6.90. The molecule has 0 bridgehead atoms. The molecule has 0 spiro atoms. The number of nitrogens with zero attached hydrogens (tertiary/aromatic N) is 2. The van der Waals surface area contributed by atoms with Gasteiger partial charge in [-0.2, -0.15) is 0 Å². The number of ether oxygens (including phenoxy) is 2. The molecule has 2 amide bonds. The van der Waals surface area contributed by atoms with Crippen LogP contribution in [0.15, 0.2) is 77.1 Å². The number of aromatic nitrogens is 2. The Morgan fingerprint density at radius 1 is 0.896 bits per heavy atom. The highest BCUT2D eigenvalue weighted by molar-refractivity contribution is 8.01. The first kappa shape index (κ1) is 35.7. The van der Waals surface area contributed by atoms with Crippen LogP contribution < -0.4 is 10.6 Å². The molecule has 4 atom stereocenters. The van der Waals surface area contributed by atoms with Crippen molar-refractivity contribution in [1.82, 2.24) is 20.8 Å². The quantitative estimate of drug-likeness (QED) is 0.0911. The van der Waals surface area contributed by atoms with Crippen molar-refractivity contribution < 1.29 is 24.2 Å². The molecule has 0 unspecified atom stereocenters. The second kappa shape index (κ2) is 17.7. The minimum atomic E-state index is -0.578. The Bertz CT molecular complexity index is 1650. The van der Waals surface area contributed by atoms with Crippen LogP contribution in [-0.4, -0.2) is 45.5 Å². The molecule has 9 nitrogen and oxygen atoms in total. The van der Waals surface area contributed by atoms with Gasteiger partial charge in [-0.15, -0.1) is 10.2 Å². The van der Waals surface area contributed by atoms with E-state index in [2.05, 4.69) is 52.0 Å². The maximum Gasteiger partial charge on any atom is 0.220 e. The molecule has 0 radical (unpaired) electrons. The number of unbranched alkanes of at least 4 members (excludes halogenated alkanes) is 2. The maximum absolute atomic E-state index is 12.4. The fourth-order valence-corrected chi connectivity index (χ4v) is 7.67. The van der Waals surface area contributed by atoms with Crippen LogP contribution in [0, 0.1) is 12.8 Å². The van der Waals surface area contributed by atoms with Crippen molar-refractivity contribution in [2.75, 3.05) is 12.3 Å². The number of carbonyl (C=O) groups excluding carboxylic acids is 2. The largest absolute Gasteiger partial charge is 0.392 e. The van der Waals surface area contributed by atoms with E-state index in [9.17, 15) is 14.7 Å². The summed E-state index contributed by atoms with van der Waals surface area (Å²) in [5.74, 6) is 0.784. The van der Waals surface area contributed by atoms with Gasteiger partial charge in [0.25, 0.3) is 0 Å². The zero-order valence-electron chi connectivity index (χ0n) is 27.7. The molecule has 1 aliphatic rings. The summed E-state index contributed by atoms with van der Waals surface area (Å²) in [5.41, 5.74) is 5.93. The maximum atomic E-state index is 12.4. The number of amides is 2. The Balaban J connectivity index is 1.26. The van der Waals surface area contributed by atoms with E-state index in [-0.39, 0.29) is 36.5 Å². The summed E-state index contributed by atoms with van der Waals surface area (Å²) >= 11 is 3.24. The molecule has 3 aromatic carbocycles. The number of carbonyl (C=O) groups is 2. The number of aliphatic hydroxyl groups excluding tert-OH is 1. The van der Waals surface area contributed by atoms with E-state index in [4.69, 9.17) is 9.47 Å². The third-order valence-corrected chi connectivity index (χ3v) is 10.4. The summed E-state index contributed by atoms with van der Waals surface area (Å²) in [6.45, 7) is 6.72. The van der Waals surface area contributed by atoms with Crippen molar-refractivity contribution in [2.45, 2.75) is 82.4 Å². The predicted molar refractivity (Wildman–Crippen MR) is 189 cm³/mol. The summed E-state index contributed by atoms with van der Waals surface area (Å²) < 4.78 is 14.3. The number of aliphatic hydroxyl groups is 1. The van der Waals surface area contributed by atoms with Gasteiger partial charge in [0.2, 0.25) is 11.8 Å². The molecule has 4 aromatic rings. The van der Waals surface area contributed by atoms with Crippen LogP contribution in [0.3, 0.4) is 0 Å². The molecule has 1 saturated heterocycles. The van der Waals surface area contributed by atoms with Crippen LogP contribution in [0.25, 0.3) is 11.1 Å². The Morgan fingerprint density at radius 2 is 1.67 bits per heavy atom. The molecule has 254 valence electrons. The van der Waals surface area contributed by atoms with Crippen molar-refractivity contribution in [3.63, 3.8) is 0 Å². The smallest absolute Gasteiger partial charge is 0.220 e. The number of hydrogen-bond donors (Lipinski definition) is 3. The average Bonchev–Trinajstić information content (AvgIpc) is 3.53. The number of thioether (sulfide) groups is 1. The van der Waals surface area contributed by atoms with Crippen molar-refractivity contribution in [3.05, 3.63) is 100 Å². The van der Waals surface area contributed by atoms with Gasteiger partial charge in [0.1, 0.15) is 5.01 Å². The monoisotopic (exact) mass is 688 g/mol. The van der Waals surface area contributed by atoms with Crippen LogP contribution in [0.1, 0.15) is 79.2 Å². The lowest BCUT2D eigenvalue weighted by molar-refractivity contribution is -0.268. The minimum absolute atomic E-state index is 0.00386. The Hall–Kier alpha value is -3.61. The number of rotatable bonds is 15. The number of hydrogen-bond acceptors (Lipinski definition) is 9. The molecule has 3 N–H and O–H groups in total. The third kappa shape index (κ3) is 10.2. The molecule has 5 rings (SSSR count). The SMILES string of the molecule is CC(=O)NCCCCCC(=O)NCc1cccc(-c2cccc([C@H]3O[C@@H](CSc4nnc(C)s4)[C@@H](C)[C@@H](c4ccc(CO)cc4)O3)c2)c1. The summed E-state index contributed by atoms with van der Waals surface area (Å²) in [4.78, 5) is 23.4. The first-order valence-electron chi connectivity index (χ1n) is 16.4. The Morgan fingerprint density at radius 3 is 2.40 bits per heavy atom. The highest BCUT2D eigenvalue weighted by Gasteiger charge is 2.38. The fourth-order valence-electron chi connectivity index (χ4n) is 5.67. The summed E-state index contributed by atoms with van der Waals surface area (Å²) in [5, 5.41) is 24.8. The van der Waals surface area contributed by atoms with Crippen molar-refractivity contribution in [3.8, 4) is 11.1 Å². The molecule has 1 aliphatic heterocycles. The number of aryl methyl sites for hydroxylation is 1. The standard InChI is InChI=1S/C37H44N4O5S2/c1-24-33(23-47-37-41-40-26(3)48-37)45-36(46-35(24)29-16-14-27(22-42)15-17-29)32-12-8-11-31(20-32)30-10-7-9-28(19-30)21-39-34(44)13-5-4-6-18-38-25(2)43/h7-12,14-17,19-20,24,33,35-36,42H,4-6,13,18,21-23H2,1-3H3,(H,38,43)(H,39,44)/t24-,33+,35+,36+/m1/s1. The summed E-state index contributed by atoms with van der Waals surface area (Å²) in [6, 6.07) is 24.4. The first-order valence-corrected chi connectivity index (χ1v) is 18.2. The van der Waals surface area contributed by atoms with Gasteiger partial charge in [-0.3, -0.25) is 9.59 Å². The van der Waals surface area contributed by atoms with Crippen molar-refractivity contribution in [1.29, 1.82) is 0 Å². The average molecular weight is 689 g/mol. The summed E-state index contributed by atoms with van der Waals surface area (Å²) in [6.07, 6.45) is 2.13. The molecular formula is C37H44N4O5S2. The lowest BCUT2D eigenvalue weighted by Crippen LogP contribution is -2.38. The Labute approximate surface area is 290 Å². The summed E-state index contributed by atoms with van der Waals surface area (Å²) in [7, 11) is 0. The molecular weight excluding hydrogens is 645 g/mol. The highest BCUT2D eigenvalue weighted by atomic mass is 32.2. The van der Waals surface area contributed by atoms with E-state index >= 15 is 0 Å². The van der Waals surface area contributed by atoms with E-state index in [0.29, 0.717) is 25.3 Å². The Kier molecular flexibility index (Phi) is 13.2. The van der Waals surface area contributed by atoms with Gasteiger partial charge in [0.05, 0.1) is 18.8 Å². The van der Waals surface area contributed by atoms with E-state index in [1.165, 1.54) is 6.92 Å². The van der Waals surface area contributed by atoms with E-state index < -0.39 is 6.29 Å². The zero-order valence-corrected chi connectivity index (χ0v) is 29.3. The van der Waals surface area contributed by atoms with Gasteiger partial charge in [0.15, 0.2) is 10.6 Å². The molecule has 0 saturated carbocycles. The molecule has 1 fully saturated rings. The van der Waals surface area contributed by atoms with Crippen molar-refractivity contribution in [2.24, 2.45) is 5.92 Å². The molecule has 1 aromatic heterocycles. The van der Waals surface area contributed by atoms with E-state index in [1.54, 1.807) is 23.1 Å². The van der Waals surface area contributed by atoms with Gasteiger partial charge < -0.3 is 25.2 Å². The third-order valence-electron chi connectivity index (χ3n) is 8.37.